The van der Waals surface area contributed by atoms with Gasteiger partial charge in [0.25, 0.3) is 15.6 Å². The molecule has 2 aromatic heterocycles. The van der Waals surface area contributed by atoms with Crippen molar-refractivity contribution >= 4 is 31.6 Å². The number of hydrogen-bond donors (Lipinski definition) is 2. The Bertz CT molecular complexity index is 713. The van der Waals surface area contributed by atoms with Crippen LogP contribution in [0.2, 0.25) is 0 Å². The molecule has 0 aliphatic carbocycles. The van der Waals surface area contributed by atoms with Gasteiger partial charge in [0, 0.05) is 23.1 Å². The zero-order valence-electron chi connectivity index (χ0n) is 8.92. The number of rotatable bonds is 3. The minimum absolute atomic E-state index is 0.337. The normalized spacial score (nSPS) is 11.2. The first kappa shape index (κ1) is 12.8. The molecule has 2 heterocycles. The number of H-pyrrole nitrogens is 1. The topological polar surface area (TPSA) is 91.9 Å². The molecule has 6 nitrogen and oxygen atoms in total. The van der Waals surface area contributed by atoms with Gasteiger partial charge in [0.1, 0.15) is 0 Å². The number of hydrogen-bond acceptors (Lipinski definition) is 4. The Morgan fingerprint density at radius 3 is 2.61 bits per heavy atom. The minimum Gasteiger partial charge on any atom is -0.327 e. The summed E-state index contributed by atoms with van der Waals surface area (Å²) in [4.78, 5) is 17.2. The monoisotopic (exact) mass is 329 g/mol. The first-order chi connectivity index (χ1) is 8.49. The number of sulfonamides is 1. The van der Waals surface area contributed by atoms with Crippen LogP contribution in [0.15, 0.2) is 51.0 Å². The molecule has 94 valence electrons. The molecule has 0 atom stereocenters. The SMILES string of the molecule is O=c1[nH]cc(Br)cc1S(=O)(=O)Nc1ccncc1. The number of aromatic nitrogens is 2. The molecule has 18 heavy (non-hydrogen) atoms. The van der Waals surface area contributed by atoms with Gasteiger partial charge < -0.3 is 4.98 Å². The average Bonchev–Trinajstić information content (AvgIpc) is 2.33. The largest absolute Gasteiger partial charge is 0.327 e. The molecule has 0 amide bonds. The Balaban J connectivity index is 2.43. The predicted molar refractivity (Wildman–Crippen MR) is 69.8 cm³/mol. The highest BCUT2D eigenvalue weighted by molar-refractivity contribution is 9.10. The summed E-state index contributed by atoms with van der Waals surface area (Å²) in [5.41, 5.74) is -0.343. The predicted octanol–water partition coefficient (Wildman–Crippen LogP) is 1.33. The second kappa shape index (κ2) is 4.91. The smallest absolute Gasteiger partial charge is 0.268 e. The standard InChI is InChI=1S/C10H8BrN3O3S/c11-7-5-9(10(15)13-6-7)18(16,17)14-8-1-3-12-4-2-8/h1-6H,(H,12,14)(H,13,15). The molecule has 0 spiro atoms. The van der Waals surface area contributed by atoms with E-state index in [0.29, 0.717) is 10.2 Å². The summed E-state index contributed by atoms with van der Waals surface area (Å²) in [6, 6.07) is 4.22. The average molecular weight is 330 g/mol. The van der Waals surface area contributed by atoms with Gasteiger partial charge in [0.15, 0.2) is 4.90 Å². The van der Waals surface area contributed by atoms with Crippen LogP contribution in [-0.4, -0.2) is 18.4 Å². The Hall–Kier alpha value is -1.67. The number of nitrogens with one attached hydrogen (secondary N) is 2. The Labute approximate surface area is 111 Å². The van der Waals surface area contributed by atoms with Crippen LogP contribution in [0.3, 0.4) is 0 Å². The molecule has 0 aromatic carbocycles. The lowest BCUT2D eigenvalue weighted by Crippen LogP contribution is -2.22. The molecule has 0 saturated carbocycles. The van der Waals surface area contributed by atoms with Crippen LogP contribution >= 0.6 is 15.9 Å². The number of pyridine rings is 2. The van der Waals surface area contributed by atoms with Crippen LogP contribution in [0, 0.1) is 0 Å². The van der Waals surface area contributed by atoms with E-state index in [4.69, 9.17) is 0 Å². The molecule has 0 bridgehead atoms. The lowest BCUT2D eigenvalue weighted by atomic mass is 10.4. The highest BCUT2D eigenvalue weighted by atomic mass is 79.9. The van der Waals surface area contributed by atoms with Crippen LogP contribution in [-0.2, 0) is 10.0 Å². The van der Waals surface area contributed by atoms with Crippen LogP contribution in [0.5, 0.6) is 0 Å². The molecule has 2 aromatic rings. The molecule has 2 rings (SSSR count). The second-order valence-corrected chi connectivity index (χ2v) is 5.92. The molecule has 0 saturated heterocycles. The highest BCUT2D eigenvalue weighted by Gasteiger charge is 2.18. The van der Waals surface area contributed by atoms with Crippen LogP contribution in [0.4, 0.5) is 5.69 Å². The van der Waals surface area contributed by atoms with Gasteiger partial charge in [-0.1, -0.05) is 0 Å². The van der Waals surface area contributed by atoms with E-state index in [1.54, 1.807) is 0 Å². The molecule has 0 aliphatic rings. The van der Waals surface area contributed by atoms with Gasteiger partial charge in [-0.2, -0.15) is 0 Å². The van der Waals surface area contributed by atoms with E-state index in [2.05, 4.69) is 30.6 Å². The summed E-state index contributed by atoms with van der Waals surface area (Å²) in [6.45, 7) is 0. The van der Waals surface area contributed by atoms with Gasteiger partial charge in [-0.15, -0.1) is 0 Å². The number of anilines is 1. The first-order valence-electron chi connectivity index (χ1n) is 4.80. The summed E-state index contributed by atoms with van der Waals surface area (Å²) < 4.78 is 26.8. The van der Waals surface area contributed by atoms with Crippen molar-refractivity contribution in [3.63, 3.8) is 0 Å². The minimum atomic E-state index is -3.92. The van der Waals surface area contributed by atoms with Crippen molar-refractivity contribution in [2.24, 2.45) is 0 Å². The molecular formula is C10H8BrN3O3S. The van der Waals surface area contributed by atoms with Crippen molar-refractivity contribution in [2.75, 3.05) is 4.72 Å². The van der Waals surface area contributed by atoms with E-state index in [0.717, 1.165) is 0 Å². The fourth-order valence-corrected chi connectivity index (χ4v) is 2.90. The van der Waals surface area contributed by atoms with Crippen LogP contribution in [0.25, 0.3) is 0 Å². The fraction of sp³-hybridized carbons (Fsp3) is 0. The molecule has 0 fully saturated rings. The van der Waals surface area contributed by atoms with Gasteiger partial charge in [-0.25, -0.2) is 8.42 Å². The van der Waals surface area contributed by atoms with Crippen molar-refractivity contribution < 1.29 is 8.42 Å². The number of halogens is 1. The fourth-order valence-electron chi connectivity index (χ4n) is 1.27. The third-order valence-corrected chi connectivity index (χ3v) is 3.90. The summed E-state index contributed by atoms with van der Waals surface area (Å²) in [5, 5.41) is 0. The molecular weight excluding hydrogens is 322 g/mol. The third kappa shape index (κ3) is 2.77. The van der Waals surface area contributed by atoms with Gasteiger partial charge >= 0.3 is 0 Å². The second-order valence-electron chi connectivity index (χ2n) is 3.35. The number of aromatic amines is 1. The summed E-state index contributed by atoms with van der Waals surface area (Å²) in [7, 11) is -3.92. The molecule has 2 N–H and O–H groups in total. The maximum atomic E-state index is 12.0. The van der Waals surface area contributed by atoms with Crippen LogP contribution < -0.4 is 10.3 Å². The van der Waals surface area contributed by atoms with Gasteiger partial charge in [0.2, 0.25) is 0 Å². The zero-order valence-corrected chi connectivity index (χ0v) is 11.3. The molecule has 0 unspecified atom stereocenters. The maximum Gasteiger partial charge on any atom is 0.268 e. The van der Waals surface area contributed by atoms with Gasteiger partial charge in [-0.05, 0) is 34.1 Å². The van der Waals surface area contributed by atoms with Crippen molar-refractivity contribution in [2.45, 2.75) is 4.90 Å². The molecule has 8 heteroatoms. The van der Waals surface area contributed by atoms with Crippen LogP contribution in [0.1, 0.15) is 0 Å². The van der Waals surface area contributed by atoms with E-state index in [9.17, 15) is 13.2 Å². The lowest BCUT2D eigenvalue weighted by molar-refractivity contribution is 0.600. The highest BCUT2D eigenvalue weighted by Crippen LogP contribution is 2.15. The lowest BCUT2D eigenvalue weighted by Gasteiger charge is -2.06. The van der Waals surface area contributed by atoms with E-state index in [1.807, 2.05) is 0 Å². The quantitative estimate of drug-likeness (QED) is 0.888. The van der Waals surface area contributed by atoms with Gasteiger partial charge in [-0.3, -0.25) is 14.5 Å². The third-order valence-electron chi connectivity index (χ3n) is 2.06. The van der Waals surface area contributed by atoms with Crippen molar-refractivity contribution in [3.8, 4) is 0 Å². The van der Waals surface area contributed by atoms with E-state index >= 15 is 0 Å². The zero-order chi connectivity index (χ0) is 13.2. The Morgan fingerprint density at radius 2 is 1.94 bits per heavy atom. The van der Waals surface area contributed by atoms with E-state index < -0.39 is 15.6 Å². The van der Waals surface area contributed by atoms with Crippen molar-refractivity contribution in [1.82, 2.24) is 9.97 Å². The Kier molecular flexibility index (Phi) is 3.48. The summed E-state index contributed by atoms with van der Waals surface area (Å²) in [6.07, 6.45) is 4.26. The molecule has 0 radical (unpaired) electrons. The summed E-state index contributed by atoms with van der Waals surface area (Å²) in [5.74, 6) is 0. The first-order valence-corrected chi connectivity index (χ1v) is 7.08. The van der Waals surface area contributed by atoms with Crippen molar-refractivity contribution in [1.29, 1.82) is 0 Å². The van der Waals surface area contributed by atoms with E-state index in [-0.39, 0.29) is 4.90 Å². The van der Waals surface area contributed by atoms with E-state index in [1.165, 1.54) is 36.8 Å². The summed E-state index contributed by atoms with van der Waals surface area (Å²) >= 11 is 3.10. The number of nitrogens with zero attached hydrogens (tertiary/aromatic N) is 1. The van der Waals surface area contributed by atoms with Crippen molar-refractivity contribution in [3.05, 3.63) is 51.6 Å². The van der Waals surface area contributed by atoms with Gasteiger partial charge in [0.05, 0.1) is 5.69 Å². The molecule has 0 aliphatic heterocycles. The Morgan fingerprint density at radius 1 is 1.28 bits per heavy atom. The maximum absolute atomic E-state index is 12.0.